The van der Waals surface area contributed by atoms with Gasteiger partial charge in [-0.3, -0.25) is 19.4 Å². The molecule has 3 rings (SSSR count). The molecule has 0 saturated carbocycles. The Morgan fingerprint density at radius 3 is 2.85 bits per heavy atom. The van der Waals surface area contributed by atoms with Gasteiger partial charge in [-0.25, -0.2) is 9.48 Å². The van der Waals surface area contributed by atoms with Crippen LogP contribution >= 0.6 is 11.8 Å². The van der Waals surface area contributed by atoms with Crippen LogP contribution in [0.25, 0.3) is 0 Å². The summed E-state index contributed by atoms with van der Waals surface area (Å²) in [6, 6.07) is 0. The van der Waals surface area contributed by atoms with E-state index in [0.29, 0.717) is 0 Å². The van der Waals surface area contributed by atoms with Crippen molar-refractivity contribution in [3.05, 3.63) is 12.0 Å². The molecule has 2 atom stereocenters. The molecule has 2 aliphatic heterocycles. The fourth-order valence-electron chi connectivity index (χ4n) is 2.45. The van der Waals surface area contributed by atoms with Crippen LogP contribution in [-0.4, -0.2) is 66.8 Å². The number of aromatic nitrogens is 3. The van der Waals surface area contributed by atoms with Crippen molar-refractivity contribution in [2.75, 3.05) is 17.7 Å². The van der Waals surface area contributed by atoms with E-state index in [0.717, 1.165) is 11.1 Å². The SMILES string of the molecule is CON=CC(=O)N(c1nc(N)n(C)n1)C1C=C(OC(=O)O)N2C(=O)C[C@@H]2S1. The smallest absolute Gasteiger partial charge is 0.449 e. The molecule has 3 heterocycles. The molecule has 2 aliphatic rings. The maximum absolute atomic E-state index is 12.6. The quantitative estimate of drug-likeness (QED) is 0.287. The van der Waals surface area contributed by atoms with Crippen LogP contribution in [0.2, 0.25) is 0 Å². The maximum Gasteiger partial charge on any atom is 0.512 e. The molecule has 1 unspecified atom stereocenters. The number of nitrogens with zero attached hydrogens (tertiary/aromatic N) is 6. The Morgan fingerprint density at radius 1 is 1.56 bits per heavy atom. The Morgan fingerprint density at radius 2 is 2.30 bits per heavy atom. The zero-order chi connectivity index (χ0) is 19.7. The number of nitrogen functional groups attached to an aromatic ring is 1. The number of anilines is 2. The van der Waals surface area contributed by atoms with Crippen LogP contribution in [0, 0.1) is 0 Å². The van der Waals surface area contributed by atoms with Gasteiger partial charge in [0.1, 0.15) is 18.7 Å². The predicted octanol–water partition coefficient (Wildman–Crippen LogP) is -0.470. The van der Waals surface area contributed by atoms with Crippen LogP contribution in [0.3, 0.4) is 0 Å². The summed E-state index contributed by atoms with van der Waals surface area (Å²) in [7, 11) is 2.82. The number of hydrogen-bond donors (Lipinski definition) is 2. The first kappa shape index (κ1) is 18.5. The molecule has 144 valence electrons. The second-order valence-corrected chi connectivity index (χ2v) is 6.64. The molecule has 0 spiro atoms. The van der Waals surface area contributed by atoms with E-state index >= 15 is 0 Å². The van der Waals surface area contributed by atoms with Crippen LogP contribution in [0.5, 0.6) is 0 Å². The highest BCUT2D eigenvalue weighted by molar-refractivity contribution is 8.00. The summed E-state index contributed by atoms with van der Waals surface area (Å²) in [5.41, 5.74) is 5.70. The van der Waals surface area contributed by atoms with Crippen molar-refractivity contribution < 1.29 is 29.1 Å². The molecule has 1 aromatic heterocycles. The molecule has 0 aromatic carbocycles. The Kier molecular flexibility index (Phi) is 4.89. The molecule has 13 nitrogen and oxygen atoms in total. The first-order chi connectivity index (χ1) is 12.8. The van der Waals surface area contributed by atoms with E-state index in [9.17, 15) is 14.4 Å². The molecule has 0 bridgehead atoms. The molecule has 0 radical (unpaired) electrons. The number of aryl methyl sites for hydroxylation is 1. The van der Waals surface area contributed by atoms with E-state index in [1.165, 1.54) is 34.5 Å². The number of nitrogens with two attached hydrogens (primary N) is 1. The van der Waals surface area contributed by atoms with E-state index in [1.807, 2.05) is 0 Å². The number of carboxylic acid groups (broad SMARTS) is 1. The van der Waals surface area contributed by atoms with Crippen LogP contribution in [0.1, 0.15) is 6.42 Å². The summed E-state index contributed by atoms with van der Waals surface area (Å²) in [5, 5.41) is 15.3. The number of oxime groups is 1. The third-order valence-corrected chi connectivity index (χ3v) is 5.00. The Balaban J connectivity index is 2.00. The van der Waals surface area contributed by atoms with Crippen molar-refractivity contribution in [3.8, 4) is 0 Å². The number of thioether (sulfide) groups is 1. The monoisotopic (exact) mass is 397 g/mol. The zero-order valence-electron chi connectivity index (χ0n) is 14.2. The molecule has 1 saturated heterocycles. The normalized spacial score (nSPS) is 21.3. The molecule has 27 heavy (non-hydrogen) atoms. The number of carbonyl (C=O) groups is 3. The molecule has 3 N–H and O–H groups in total. The van der Waals surface area contributed by atoms with E-state index in [2.05, 4.69) is 20.1 Å². The van der Waals surface area contributed by atoms with Gasteiger partial charge in [0.15, 0.2) is 0 Å². The van der Waals surface area contributed by atoms with Crippen LogP contribution in [-0.2, 0) is 26.2 Å². The average Bonchev–Trinajstić information content (AvgIpc) is 2.89. The molecular weight excluding hydrogens is 382 g/mol. The number of amides is 2. The molecule has 0 aliphatic carbocycles. The van der Waals surface area contributed by atoms with Crippen molar-refractivity contribution in [2.45, 2.75) is 17.2 Å². The highest BCUT2D eigenvalue weighted by Gasteiger charge is 2.47. The molecule has 1 fully saturated rings. The largest absolute Gasteiger partial charge is 0.512 e. The Bertz CT molecular complexity index is 833. The minimum Gasteiger partial charge on any atom is -0.449 e. The summed E-state index contributed by atoms with van der Waals surface area (Å²) < 4.78 is 5.98. The van der Waals surface area contributed by atoms with Gasteiger partial charge in [-0.2, -0.15) is 4.98 Å². The second kappa shape index (κ2) is 7.14. The summed E-state index contributed by atoms with van der Waals surface area (Å²) >= 11 is 1.22. The van der Waals surface area contributed by atoms with E-state index < -0.39 is 22.8 Å². The van der Waals surface area contributed by atoms with Gasteiger partial charge in [0.25, 0.3) is 11.9 Å². The lowest BCUT2D eigenvalue weighted by atomic mass is 10.2. The minimum absolute atomic E-state index is 0.0231. The lowest BCUT2D eigenvalue weighted by Gasteiger charge is -2.45. The molecule has 2 amide bonds. The van der Waals surface area contributed by atoms with Gasteiger partial charge >= 0.3 is 6.16 Å². The summed E-state index contributed by atoms with van der Waals surface area (Å²) in [6.45, 7) is 0. The maximum atomic E-state index is 12.6. The van der Waals surface area contributed by atoms with Gasteiger partial charge in [-0.05, 0) is 0 Å². The average molecular weight is 397 g/mol. The highest BCUT2D eigenvalue weighted by atomic mass is 32.2. The van der Waals surface area contributed by atoms with Crippen LogP contribution in [0.4, 0.5) is 16.7 Å². The summed E-state index contributed by atoms with van der Waals surface area (Å²) in [4.78, 5) is 46.2. The third-order valence-electron chi connectivity index (χ3n) is 3.68. The number of hydrogen-bond acceptors (Lipinski definition) is 10. The number of fused-ring (bicyclic) bond motifs is 1. The van der Waals surface area contributed by atoms with Crippen molar-refractivity contribution in [1.29, 1.82) is 0 Å². The fraction of sp³-hybridized carbons (Fsp3) is 0.385. The lowest BCUT2D eigenvalue weighted by Crippen LogP contribution is -2.56. The number of ether oxygens (including phenoxy) is 1. The molecule has 14 heteroatoms. The van der Waals surface area contributed by atoms with Gasteiger partial charge in [-0.1, -0.05) is 5.16 Å². The van der Waals surface area contributed by atoms with Gasteiger partial charge in [-0.15, -0.1) is 16.9 Å². The third kappa shape index (κ3) is 3.51. The predicted molar refractivity (Wildman–Crippen MR) is 92.2 cm³/mol. The number of carbonyl (C=O) groups excluding carboxylic acids is 2. The molecule has 1 aromatic rings. The lowest BCUT2D eigenvalue weighted by molar-refractivity contribution is -0.141. The van der Waals surface area contributed by atoms with Gasteiger partial charge < -0.3 is 20.4 Å². The standard InChI is InChI=1S/C13H15N7O6S/c1-18-11(14)16-12(17-18)20(7(22)5-15-25-2)10-4-8(26-13(23)24)19-6(21)3-9(19)27-10/h4-5,9-10H,3H2,1-2H3,(H,23,24)(H2,14,16,17)/t9-,10?/m0/s1. The topological polar surface area (TPSA) is 165 Å². The molecular formula is C13H15N7O6S. The second-order valence-electron chi connectivity index (χ2n) is 5.34. The highest BCUT2D eigenvalue weighted by Crippen LogP contribution is 2.42. The van der Waals surface area contributed by atoms with Gasteiger partial charge in [0, 0.05) is 13.1 Å². The first-order valence-corrected chi connectivity index (χ1v) is 8.42. The van der Waals surface area contributed by atoms with Crippen LogP contribution in [0.15, 0.2) is 17.1 Å². The van der Waals surface area contributed by atoms with E-state index in [-0.39, 0.29) is 30.1 Å². The van der Waals surface area contributed by atoms with E-state index in [4.69, 9.17) is 15.6 Å². The Hall–Kier alpha value is -3.29. The van der Waals surface area contributed by atoms with Gasteiger partial charge in [0.2, 0.25) is 17.7 Å². The number of β-lactam (4-membered cyclic amide) rings is 1. The van der Waals surface area contributed by atoms with Crippen molar-refractivity contribution in [3.63, 3.8) is 0 Å². The van der Waals surface area contributed by atoms with Crippen molar-refractivity contribution >= 4 is 47.8 Å². The van der Waals surface area contributed by atoms with Gasteiger partial charge in [0.05, 0.1) is 11.8 Å². The van der Waals surface area contributed by atoms with E-state index in [1.54, 1.807) is 7.05 Å². The van der Waals surface area contributed by atoms with Crippen LogP contribution < -0.4 is 10.6 Å². The number of rotatable bonds is 5. The van der Waals surface area contributed by atoms with Crippen molar-refractivity contribution in [2.24, 2.45) is 12.2 Å². The van der Waals surface area contributed by atoms with Crippen molar-refractivity contribution in [1.82, 2.24) is 19.7 Å². The zero-order valence-corrected chi connectivity index (χ0v) is 15.0. The fourth-order valence-corrected chi connectivity index (χ4v) is 3.87. The summed E-state index contributed by atoms with van der Waals surface area (Å²) in [5.74, 6) is -1.05. The minimum atomic E-state index is -1.58. The Labute approximate surface area is 156 Å². The summed E-state index contributed by atoms with van der Waals surface area (Å²) in [6.07, 6.45) is 0.825. The first-order valence-electron chi connectivity index (χ1n) is 7.48.